The monoisotopic (exact) mass is 355 g/mol. The zero-order chi connectivity index (χ0) is 18.5. The Morgan fingerprint density at radius 2 is 1.96 bits per heavy atom. The van der Waals surface area contributed by atoms with E-state index in [2.05, 4.69) is 4.98 Å². The van der Waals surface area contributed by atoms with Crippen LogP contribution in [0.2, 0.25) is 0 Å². The van der Waals surface area contributed by atoms with Crippen molar-refractivity contribution in [3.63, 3.8) is 0 Å². The van der Waals surface area contributed by atoms with Crippen molar-refractivity contribution in [1.29, 1.82) is 0 Å². The molecule has 2 aromatic heterocycles. The molecule has 3 aromatic rings. The lowest BCUT2D eigenvalue weighted by molar-refractivity contribution is 0.0696. The fourth-order valence-corrected chi connectivity index (χ4v) is 2.40. The summed E-state index contributed by atoms with van der Waals surface area (Å²) in [6.45, 7) is 0.474. The summed E-state index contributed by atoms with van der Waals surface area (Å²) >= 11 is 0. The number of aromatic nitrogens is 3. The van der Waals surface area contributed by atoms with Gasteiger partial charge >= 0.3 is 5.97 Å². The molecular weight excluding hydrogens is 338 g/mol. The molecule has 0 saturated carbocycles. The van der Waals surface area contributed by atoms with Gasteiger partial charge in [0.25, 0.3) is 5.56 Å². The number of imidazole rings is 1. The number of rotatable bonds is 7. The van der Waals surface area contributed by atoms with Gasteiger partial charge in [0, 0.05) is 30.3 Å². The zero-order valence-electron chi connectivity index (χ0n) is 13.7. The number of carboxylic acid groups (broad SMARTS) is 1. The van der Waals surface area contributed by atoms with Crippen LogP contribution >= 0.6 is 0 Å². The molecule has 0 amide bonds. The summed E-state index contributed by atoms with van der Waals surface area (Å²) < 4.78 is 8.53. The molecule has 26 heavy (non-hydrogen) atoms. The highest BCUT2D eigenvalue weighted by Gasteiger charge is 2.08. The third kappa shape index (κ3) is 4.17. The van der Waals surface area contributed by atoms with Crippen molar-refractivity contribution in [2.75, 3.05) is 6.61 Å². The predicted octanol–water partition coefficient (Wildman–Crippen LogP) is 1.17. The first-order valence-corrected chi connectivity index (χ1v) is 7.86. The third-order valence-corrected chi connectivity index (χ3v) is 3.70. The lowest BCUT2D eigenvalue weighted by Gasteiger charge is -2.13. The smallest absolute Gasteiger partial charge is 0.337 e. The Labute approximate surface area is 148 Å². The van der Waals surface area contributed by atoms with Gasteiger partial charge in [0.05, 0.1) is 18.4 Å². The van der Waals surface area contributed by atoms with E-state index < -0.39 is 12.1 Å². The minimum atomic E-state index is -1.11. The maximum Gasteiger partial charge on any atom is 0.337 e. The van der Waals surface area contributed by atoms with Crippen molar-refractivity contribution in [3.05, 3.63) is 77.2 Å². The van der Waals surface area contributed by atoms with Crippen LogP contribution in [0.25, 0.3) is 5.69 Å². The predicted molar refractivity (Wildman–Crippen MR) is 92.7 cm³/mol. The van der Waals surface area contributed by atoms with E-state index in [-0.39, 0.29) is 17.7 Å². The van der Waals surface area contributed by atoms with E-state index in [4.69, 9.17) is 9.84 Å². The number of carbonyl (C=O) groups is 1. The lowest BCUT2D eigenvalue weighted by Crippen LogP contribution is -2.23. The molecule has 3 rings (SSSR count). The molecule has 0 spiro atoms. The van der Waals surface area contributed by atoms with Crippen LogP contribution in [-0.2, 0) is 6.54 Å². The van der Waals surface area contributed by atoms with Crippen LogP contribution < -0.4 is 10.3 Å². The summed E-state index contributed by atoms with van der Waals surface area (Å²) in [6, 6.07) is 9.06. The molecule has 8 heteroatoms. The average molecular weight is 355 g/mol. The Morgan fingerprint density at radius 3 is 2.62 bits per heavy atom. The number of pyridine rings is 1. The largest absolute Gasteiger partial charge is 0.491 e. The highest BCUT2D eigenvalue weighted by atomic mass is 16.5. The number of aliphatic hydroxyl groups is 1. The van der Waals surface area contributed by atoms with Gasteiger partial charge in [-0.2, -0.15) is 0 Å². The van der Waals surface area contributed by atoms with Gasteiger partial charge in [-0.3, -0.25) is 9.36 Å². The fourth-order valence-electron chi connectivity index (χ4n) is 2.40. The number of ether oxygens (including phenoxy) is 1. The number of hydrogen-bond donors (Lipinski definition) is 2. The fraction of sp³-hybridized carbons (Fsp3) is 0.167. The molecule has 0 aliphatic heterocycles. The van der Waals surface area contributed by atoms with Crippen LogP contribution in [0.5, 0.6) is 5.75 Å². The number of nitrogens with zero attached hydrogens (tertiary/aromatic N) is 3. The third-order valence-electron chi connectivity index (χ3n) is 3.70. The van der Waals surface area contributed by atoms with Crippen molar-refractivity contribution in [3.8, 4) is 11.4 Å². The number of aromatic carboxylic acids is 1. The van der Waals surface area contributed by atoms with E-state index in [1.807, 2.05) is 0 Å². The lowest BCUT2D eigenvalue weighted by atomic mass is 10.2. The molecule has 0 bridgehead atoms. The molecule has 1 unspecified atom stereocenters. The van der Waals surface area contributed by atoms with Gasteiger partial charge in [-0.1, -0.05) is 0 Å². The molecule has 1 aromatic carbocycles. The van der Waals surface area contributed by atoms with Crippen LogP contribution in [0.1, 0.15) is 10.4 Å². The van der Waals surface area contributed by atoms with E-state index in [1.54, 1.807) is 47.6 Å². The zero-order valence-corrected chi connectivity index (χ0v) is 13.7. The van der Waals surface area contributed by atoms with Gasteiger partial charge in [-0.15, -0.1) is 0 Å². The van der Waals surface area contributed by atoms with E-state index >= 15 is 0 Å². The molecule has 0 fully saturated rings. The van der Waals surface area contributed by atoms with Crippen molar-refractivity contribution in [1.82, 2.24) is 14.1 Å². The highest BCUT2D eigenvalue weighted by Crippen LogP contribution is 2.15. The summed E-state index contributed by atoms with van der Waals surface area (Å²) in [5.74, 6) is -0.577. The first-order chi connectivity index (χ1) is 12.5. The Balaban J connectivity index is 1.66. The van der Waals surface area contributed by atoms with Crippen LogP contribution in [0.4, 0.5) is 0 Å². The van der Waals surface area contributed by atoms with E-state index in [9.17, 15) is 14.7 Å². The first-order valence-electron chi connectivity index (χ1n) is 7.86. The second-order valence-corrected chi connectivity index (χ2v) is 5.65. The van der Waals surface area contributed by atoms with Gasteiger partial charge in [0.15, 0.2) is 0 Å². The average Bonchev–Trinajstić information content (AvgIpc) is 3.13. The molecule has 0 radical (unpaired) electrons. The molecule has 0 aliphatic carbocycles. The van der Waals surface area contributed by atoms with Gasteiger partial charge in [-0.25, -0.2) is 9.78 Å². The molecule has 8 nitrogen and oxygen atoms in total. The van der Waals surface area contributed by atoms with Crippen molar-refractivity contribution in [2.24, 2.45) is 0 Å². The maximum absolute atomic E-state index is 11.9. The van der Waals surface area contributed by atoms with Gasteiger partial charge in [0.2, 0.25) is 0 Å². The second-order valence-electron chi connectivity index (χ2n) is 5.65. The molecule has 134 valence electrons. The van der Waals surface area contributed by atoms with Gasteiger partial charge < -0.3 is 19.5 Å². The molecule has 1 atom stereocenters. The molecule has 2 heterocycles. The normalized spacial score (nSPS) is 11.9. The molecule has 2 N–H and O–H groups in total. The summed E-state index contributed by atoms with van der Waals surface area (Å²) in [5, 5.41) is 19.0. The van der Waals surface area contributed by atoms with Crippen LogP contribution in [0.15, 0.2) is 66.1 Å². The highest BCUT2D eigenvalue weighted by molar-refractivity contribution is 5.87. The summed E-state index contributed by atoms with van der Waals surface area (Å²) in [7, 11) is 0. The standard InChI is InChI=1S/C18H17N3O5/c22-15(10-20-8-7-19-12-20)11-26-16-4-2-14(3-5-16)21-9-13(18(24)25)1-6-17(21)23/h1-9,12,15,22H,10-11H2,(H,24,25). The molecule has 0 aliphatic rings. The number of benzene rings is 1. The summed E-state index contributed by atoms with van der Waals surface area (Å²) in [5.41, 5.74) is 0.205. The quantitative estimate of drug-likeness (QED) is 0.659. The Hall–Kier alpha value is -3.39. The Bertz CT molecular complexity index is 932. The second kappa shape index (κ2) is 7.66. The Kier molecular flexibility index (Phi) is 5.14. The van der Waals surface area contributed by atoms with Crippen LogP contribution in [-0.4, -0.2) is 43.0 Å². The summed E-state index contributed by atoms with van der Waals surface area (Å²) in [4.78, 5) is 26.9. The van der Waals surface area contributed by atoms with Gasteiger partial charge in [0.1, 0.15) is 18.5 Å². The van der Waals surface area contributed by atoms with E-state index in [1.165, 1.54) is 22.9 Å². The minimum absolute atomic E-state index is 0.0209. The summed E-state index contributed by atoms with van der Waals surface area (Å²) in [6.07, 6.45) is 5.57. The SMILES string of the molecule is O=C(O)c1ccc(=O)n(-c2ccc(OCC(O)Cn3ccnc3)cc2)c1. The van der Waals surface area contributed by atoms with Crippen LogP contribution in [0.3, 0.4) is 0 Å². The van der Waals surface area contributed by atoms with Crippen molar-refractivity contribution in [2.45, 2.75) is 12.6 Å². The van der Waals surface area contributed by atoms with Crippen LogP contribution in [0, 0.1) is 0 Å². The number of hydrogen-bond acceptors (Lipinski definition) is 5. The number of carboxylic acids is 1. The molecule has 0 saturated heterocycles. The molecular formula is C18H17N3O5. The van der Waals surface area contributed by atoms with Crippen molar-refractivity contribution >= 4 is 5.97 Å². The topological polar surface area (TPSA) is 107 Å². The van der Waals surface area contributed by atoms with E-state index in [0.29, 0.717) is 18.0 Å². The maximum atomic E-state index is 11.9. The van der Waals surface area contributed by atoms with E-state index in [0.717, 1.165) is 0 Å². The number of aliphatic hydroxyl groups excluding tert-OH is 1. The van der Waals surface area contributed by atoms with Crippen molar-refractivity contribution < 1.29 is 19.7 Å². The first kappa shape index (κ1) is 17.4. The minimum Gasteiger partial charge on any atom is -0.491 e. The van der Waals surface area contributed by atoms with Gasteiger partial charge in [-0.05, 0) is 30.3 Å². The Morgan fingerprint density at radius 1 is 1.19 bits per heavy atom.